The second kappa shape index (κ2) is 6.40. The molecule has 1 fully saturated rings. The van der Waals surface area contributed by atoms with Gasteiger partial charge in [0.15, 0.2) is 0 Å². The molecule has 0 aliphatic heterocycles. The average Bonchev–Trinajstić information content (AvgIpc) is 2.35. The number of amides is 1. The van der Waals surface area contributed by atoms with Gasteiger partial charge in [0.2, 0.25) is 0 Å². The third-order valence-corrected chi connectivity index (χ3v) is 5.32. The Morgan fingerprint density at radius 3 is 2.56 bits per heavy atom. The molecule has 0 radical (unpaired) electrons. The van der Waals surface area contributed by atoms with Crippen LogP contribution in [0.5, 0.6) is 0 Å². The van der Waals surface area contributed by atoms with Crippen molar-refractivity contribution in [2.45, 2.75) is 36.6 Å². The zero-order valence-corrected chi connectivity index (χ0v) is 13.7. The van der Waals surface area contributed by atoms with Crippen molar-refractivity contribution in [2.24, 2.45) is 0 Å². The summed E-state index contributed by atoms with van der Waals surface area (Å²) in [6, 6.07) is 5.55. The summed E-state index contributed by atoms with van der Waals surface area (Å²) in [5.41, 5.74) is 0.615. The van der Waals surface area contributed by atoms with Crippen LogP contribution in [0.25, 0.3) is 0 Å². The lowest BCUT2D eigenvalue weighted by molar-refractivity contribution is 0.0928. The first-order chi connectivity index (χ1) is 8.56. The molecule has 0 unspecified atom stereocenters. The van der Waals surface area contributed by atoms with E-state index in [2.05, 4.69) is 37.2 Å². The minimum atomic E-state index is -0.0394. The molecule has 0 bridgehead atoms. The minimum absolute atomic E-state index is 0.0394. The number of carbonyl (C=O) groups excluding carboxylic acids is 1. The highest BCUT2D eigenvalue weighted by Gasteiger charge is 2.21. The number of carbonyl (C=O) groups is 1. The zero-order valence-electron chi connectivity index (χ0n) is 9.76. The van der Waals surface area contributed by atoms with Gasteiger partial charge in [-0.3, -0.25) is 4.79 Å². The Hall–Kier alpha value is -0.0600. The molecule has 2 rings (SSSR count). The molecule has 1 aliphatic rings. The molecule has 0 heterocycles. The number of rotatable bonds is 2. The minimum Gasteiger partial charge on any atom is -0.349 e. The molecule has 1 aliphatic carbocycles. The largest absolute Gasteiger partial charge is 0.349 e. The fourth-order valence-electron chi connectivity index (χ4n) is 2.10. The van der Waals surface area contributed by atoms with Gasteiger partial charge in [0.1, 0.15) is 0 Å². The second-order valence-electron chi connectivity index (χ2n) is 4.55. The van der Waals surface area contributed by atoms with Crippen molar-refractivity contribution in [1.82, 2.24) is 5.32 Å². The van der Waals surface area contributed by atoms with Crippen LogP contribution in [0.4, 0.5) is 0 Å². The molecule has 1 aromatic rings. The van der Waals surface area contributed by atoms with E-state index in [1.54, 1.807) is 18.2 Å². The van der Waals surface area contributed by atoms with Gasteiger partial charge in [-0.15, -0.1) is 0 Å². The average molecular weight is 396 g/mol. The highest BCUT2D eigenvalue weighted by Crippen LogP contribution is 2.25. The monoisotopic (exact) mass is 393 g/mol. The van der Waals surface area contributed by atoms with E-state index in [4.69, 9.17) is 11.6 Å². The fraction of sp³-hybridized carbons (Fsp3) is 0.462. The maximum absolute atomic E-state index is 12.1. The smallest absolute Gasteiger partial charge is 0.251 e. The van der Waals surface area contributed by atoms with Crippen LogP contribution >= 0.6 is 43.5 Å². The Morgan fingerprint density at radius 1 is 1.28 bits per heavy atom. The number of nitrogens with one attached hydrogen (secondary N) is 1. The maximum Gasteiger partial charge on any atom is 0.251 e. The SMILES string of the molecule is O=C(NC1CCC(Br)CC1)c1ccc(Br)c(Cl)c1. The van der Waals surface area contributed by atoms with E-state index in [0.717, 1.165) is 30.2 Å². The van der Waals surface area contributed by atoms with Crippen LogP contribution in [0.15, 0.2) is 22.7 Å². The highest BCUT2D eigenvalue weighted by molar-refractivity contribution is 9.10. The van der Waals surface area contributed by atoms with Gasteiger partial charge in [0.05, 0.1) is 5.02 Å². The van der Waals surface area contributed by atoms with Crippen molar-refractivity contribution in [3.63, 3.8) is 0 Å². The molecule has 2 nitrogen and oxygen atoms in total. The van der Waals surface area contributed by atoms with E-state index in [1.807, 2.05) is 0 Å². The Balaban J connectivity index is 1.97. The van der Waals surface area contributed by atoms with E-state index >= 15 is 0 Å². The van der Waals surface area contributed by atoms with Gasteiger partial charge in [-0.2, -0.15) is 0 Å². The predicted octanol–water partition coefficient (Wildman–Crippen LogP) is 4.54. The summed E-state index contributed by atoms with van der Waals surface area (Å²) in [7, 11) is 0. The lowest BCUT2D eigenvalue weighted by Crippen LogP contribution is -2.37. The van der Waals surface area contributed by atoms with Crippen LogP contribution in [0, 0.1) is 0 Å². The van der Waals surface area contributed by atoms with Crippen LogP contribution in [0.1, 0.15) is 36.0 Å². The van der Waals surface area contributed by atoms with Crippen LogP contribution in [-0.2, 0) is 0 Å². The highest BCUT2D eigenvalue weighted by atomic mass is 79.9. The van der Waals surface area contributed by atoms with Crippen molar-refractivity contribution in [2.75, 3.05) is 0 Å². The van der Waals surface area contributed by atoms with E-state index in [9.17, 15) is 4.79 Å². The number of benzene rings is 1. The van der Waals surface area contributed by atoms with Crippen LogP contribution in [0.3, 0.4) is 0 Å². The van der Waals surface area contributed by atoms with Crippen LogP contribution in [0.2, 0.25) is 5.02 Å². The maximum atomic E-state index is 12.1. The first-order valence-electron chi connectivity index (χ1n) is 5.96. The van der Waals surface area contributed by atoms with Gasteiger partial charge in [0.25, 0.3) is 5.91 Å². The van der Waals surface area contributed by atoms with Crippen molar-refractivity contribution >= 4 is 49.4 Å². The van der Waals surface area contributed by atoms with Gasteiger partial charge in [-0.25, -0.2) is 0 Å². The summed E-state index contributed by atoms with van der Waals surface area (Å²) in [6.07, 6.45) is 4.30. The van der Waals surface area contributed by atoms with E-state index in [-0.39, 0.29) is 11.9 Å². The van der Waals surface area contributed by atoms with Crippen molar-refractivity contribution in [3.8, 4) is 0 Å². The Bertz CT molecular complexity index is 445. The Morgan fingerprint density at radius 2 is 1.94 bits per heavy atom. The van der Waals surface area contributed by atoms with E-state index < -0.39 is 0 Å². The Labute approximate surface area is 129 Å². The normalized spacial score (nSPS) is 23.7. The molecule has 18 heavy (non-hydrogen) atoms. The van der Waals surface area contributed by atoms with Gasteiger partial charge in [-0.1, -0.05) is 27.5 Å². The molecule has 5 heteroatoms. The molecule has 1 saturated carbocycles. The van der Waals surface area contributed by atoms with E-state index in [0.29, 0.717) is 15.4 Å². The number of hydrogen-bond donors (Lipinski definition) is 1. The van der Waals surface area contributed by atoms with Crippen molar-refractivity contribution in [3.05, 3.63) is 33.3 Å². The summed E-state index contributed by atoms with van der Waals surface area (Å²) >= 11 is 12.9. The summed E-state index contributed by atoms with van der Waals surface area (Å²) in [4.78, 5) is 12.7. The second-order valence-corrected chi connectivity index (χ2v) is 7.11. The molecule has 1 N–H and O–H groups in total. The standard InChI is InChI=1S/C13H14Br2ClNO/c14-9-2-4-10(5-3-9)17-13(18)8-1-6-11(15)12(16)7-8/h1,6-7,9-10H,2-5H2,(H,17,18). The summed E-state index contributed by atoms with van der Waals surface area (Å²) in [6.45, 7) is 0. The first kappa shape index (κ1) is 14.4. The fourth-order valence-corrected chi connectivity index (χ4v) is 3.06. The number of hydrogen-bond acceptors (Lipinski definition) is 1. The van der Waals surface area contributed by atoms with Gasteiger partial charge < -0.3 is 5.32 Å². The zero-order chi connectivity index (χ0) is 13.1. The van der Waals surface area contributed by atoms with Crippen LogP contribution in [-0.4, -0.2) is 16.8 Å². The van der Waals surface area contributed by atoms with Gasteiger partial charge >= 0.3 is 0 Å². The molecule has 1 amide bonds. The quantitative estimate of drug-likeness (QED) is 0.732. The van der Waals surface area contributed by atoms with Gasteiger partial charge in [-0.05, 0) is 59.8 Å². The third-order valence-electron chi connectivity index (χ3n) is 3.17. The number of alkyl halides is 1. The first-order valence-corrected chi connectivity index (χ1v) is 8.05. The summed E-state index contributed by atoms with van der Waals surface area (Å²) in [5.74, 6) is -0.0394. The molecular formula is C13H14Br2ClNO. The molecule has 98 valence electrons. The Kier molecular flexibility index (Phi) is 5.10. The summed E-state index contributed by atoms with van der Waals surface area (Å²) in [5, 5.41) is 3.63. The predicted molar refractivity (Wildman–Crippen MR) is 81.6 cm³/mol. The summed E-state index contributed by atoms with van der Waals surface area (Å²) < 4.78 is 0.806. The van der Waals surface area contributed by atoms with Crippen molar-refractivity contribution in [1.29, 1.82) is 0 Å². The lowest BCUT2D eigenvalue weighted by atomic mass is 9.95. The number of halogens is 3. The molecule has 0 saturated heterocycles. The van der Waals surface area contributed by atoms with E-state index in [1.165, 1.54) is 0 Å². The molecule has 0 aromatic heterocycles. The van der Waals surface area contributed by atoms with Crippen LogP contribution < -0.4 is 5.32 Å². The lowest BCUT2D eigenvalue weighted by Gasteiger charge is -2.26. The van der Waals surface area contributed by atoms with Gasteiger partial charge in [0, 0.05) is 20.9 Å². The molecular weight excluding hydrogens is 381 g/mol. The third kappa shape index (κ3) is 3.72. The topological polar surface area (TPSA) is 29.1 Å². The molecule has 0 spiro atoms. The molecule has 1 aromatic carbocycles. The molecule has 0 atom stereocenters. The van der Waals surface area contributed by atoms with Crippen molar-refractivity contribution < 1.29 is 4.79 Å².